The number of phosphoric acid groups is 2. The van der Waals surface area contributed by atoms with Crippen molar-refractivity contribution in [2.75, 3.05) is 39.6 Å². The monoisotopic (exact) mass is 1400 g/mol. The largest absolute Gasteiger partial charge is 0.472 e. The Bertz CT molecular complexity index is 1870. The van der Waals surface area contributed by atoms with Crippen LogP contribution in [0.25, 0.3) is 0 Å². The Morgan fingerprint density at radius 2 is 0.505 bits per heavy atom. The number of ether oxygens (including phenoxy) is 4. The molecule has 3 unspecified atom stereocenters. The molecule has 0 heterocycles. The fraction of sp³-hybridized carbons (Fsp3) is 0.947. The molecule has 0 spiro atoms. The summed E-state index contributed by atoms with van der Waals surface area (Å²) in [6, 6.07) is 0. The first-order valence-corrected chi connectivity index (χ1v) is 42.2. The summed E-state index contributed by atoms with van der Waals surface area (Å²) in [7, 11) is -9.91. The molecule has 0 saturated heterocycles. The van der Waals surface area contributed by atoms with Crippen molar-refractivity contribution >= 4 is 39.5 Å². The van der Waals surface area contributed by atoms with Gasteiger partial charge in [-0.05, 0) is 49.4 Å². The van der Waals surface area contributed by atoms with Gasteiger partial charge in [0.2, 0.25) is 0 Å². The van der Waals surface area contributed by atoms with Crippen molar-refractivity contribution in [2.45, 2.75) is 401 Å². The zero-order valence-corrected chi connectivity index (χ0v) is 64.1. The van der Waals surface area contributed by atoms with E-state index in [0.717, 1.165) is 115 Å². The van der Waals surface area contributed by atoms with Gasteiger partial charge >= 0.3 is 39.5 Å². The number of carbonyl (C=O) groups is 4. The maximum atomic E-state index is 13.0. The molecule has 0 aliphatic heterocycles. The van der Waals surface area contributed by atoms with E-state index in [2.05, 4.69) is 55.4 Å². The van der Waals surface area contributed by atoms with Gasteiger partial charge in [0.15, 0.2) is 12.2 Å². The quantitative estimate of drug-likeness (QED) is 0.0222. The lowest BCUT2D eigenvalue weighted by atomic mass is 9.99. The number of esters is 4. The first kappa shape index (κ1) is 93.1. The Kier molecular flexibility index (Phi) is 64.0. The van der Waals surface area contributed by atoms with Crippen LogP contribution in [0.4, 0.5) is 0 Å². The molecule has 0 aromatic heterocycles. The Morgan fingerprint density at radius 3 is 0.747 bits per heavy atom. The van der Waals surface area contributed by atoms with Gasteiger partial charge in [-0.3, -0.25) is 37.3 Å². The van der Waals surface area contributed by atoms with E-state index in [1.165, 1.54) is 173 Å². The molecule has 95 heavy (non-hydrogen) atoms. The first-order chi connectivity index (χ1) is 45.6. The minimum atomic E-state index is -4.96. The Balaban J connectivity index is 5.16. The van der Waals surface area contributed by atoms with E-state index in [1.54, 1.807) is 0 Å². The zero-order valence-electron chi connectivity index (χ0n) is 62.3. The fourth-order valence-electron chi connectivity index (χ4n) is 11.5. The zero-order chi connectivity index (χ0) is 70.3. The molecular formula is C76H148O17P2. The first-order valence-electron chi connectivity index (χ1n) is 39.2. The number of carbonyl (C=O) groups excluding carboxylic acids is 4. The molecule has 3 N–H and O–H groups in total. The highest BCUT2D eigenvalue weighted by Gasteiger charge is 2.30. The number of rotatable bonds is 73. The second kappa shape index (κ2) is 65.4. The van der Waals surface area contributed by atoms with Crippen LogP contribution in [0.2, 0.25) is 0 Å². The highest BCUT2D eigenvalue weighted by atomic mass is 31.2. The molecule has 0 aromatic rings. The normalized spacial score (nSPS) is 14.4. The molecule has 0 aliphatic rings. The lowest BCUT2D eigenvalue weighted by Crippen LogP contribution is -2.30. The van der Waals surface area contributed by atoms with Gasteiger partial charge in [-0.25, -0.2) is 9.13 Å². The van der Waals surface area contributed by atoms with Gasteiger partial charge in [0, 0.05) is 25.7 Å². The van der Waals surface area contributed by atoms with E-state index in [1.807, 2.05) is 0 Å². The second-order valence-corrected chi connectivity index (χ2v) is 32.0. The van der Waals surface area contributed by atoms with E-state index in [-0.39, 0.29) is 25.7 Å². The van der Waals surface area contributed by atoms with Crippen LogP contribution in [-0.2, 0) is 65.4 Å². The van der Waals surface area contributed by atoms with Gasteiger partial charge in [-0.1, -0.05) is 331 Å². The molecule has 0 amide bonds. The molecule has 17 nitrogen and oxygen atoms in total. The van der Waals surface area contributed by atoms with E-state index < -0.39 is 97.5 Å². The number of aliphatic hydroxyl groups excluding tert-OH is 1. The maximum Gasteiger partial charge on any atom is 0.472 e. The van der Waals surface area contributed by atoms with E-state index in [9.17, 15) is 43.2 Å². The third-order valence-electron chi connectivity index (χ3n) is 17.9. The standard InChI is InChI=1S/C76H148O17P2/c1-9-69(8)55-47-39-29-25-21-17-14-15-19-23-27-31-43-51-59-76(81)93-72(63-87-74(79)57-49-41-35-33-38-46-54-68(6)7)65-91-95(84,85)89-61-70(77)60-88-94(82,83)90-64-71(62-86-73(78)56-48-40-34-32-37-45-53-67(4)5)92-75(80)58-50-42-30-26-22-18-13-11-10-12-16-20-24-28-36-44-52-66(2)3/h66-72,77H,9-65H2,1-8H3,(H,82,83)(H,84,85)/t69?,70-,71-,72-/m1/s1. The number of hydrogen-bond donors (Lipinski definition) is 3. The fourth-order valence-corrected chi connectivity index (χ4v) is 13.1. The van der Waals surface area contributed by atoms with Crippen LogP contribution >= 0.6 is 15.6 Å². The Labute approximate surface area is 581 Å². The maximum absolute atomic E-state index is 13.0. The van der Waals surface area contributed by atoms with Crippen molar-refractivity contribution in [1.29, 1.82) is 0 Å². The molecule has 0 aliphatic carbocycles. The van der Waals surface area contributed by atoms with Gasteiger partial charge in [0.25, 0.3) is 0 Å². The molecule has 0 saturated carbocycles. The summed E-state index contributed by atoms with van der Waals surface area (Å²) in [6.45, 7) is 14.1. The molecule has 564 valence electrons. The number of aliphatic hydroxyl groups is 1. The summed E-state index contributed by atoms with van der Waals surface area (Å²) < 4.78 is 68.4. The Morgan fingerprint density at radius 1 is 0.295 bits per heavy atom. The van der Waals surface area contributed by atoms with Crippen LogP contribution < -0.4 is 0 Å². The minimum Gasteiger partial charge on any atom is -0.462 e. The van der Waals surface area contributed by atoms with Gasteiger partial charge < -0.3 is 33.8 Å². The Hall–Kier alpha value is -1.94. The summed E-state index contributed by atoms with van der Waals surface area (Å²) in [5, 5.41) is 10.6. The molecule has 19 heteroatoms. The summed E-state index contributed by atoms with van der Waals surface area (Å²) in [6.07, 6.45) is 50.3. The van der Waals surface area contributed by atoms with Crippen molar-refractivity contribution in [3.8, 4) is 0 Å². The molecule has 6 atom stereocenters. The summed E-state index contributed by atoms with van der Waals surface area (Å²) in [5.74, 6) is 0.888. The SMILES string of the molecule is CCC(C)CCCCCCCCCCCCCCCCC(=O)O[C@H](COC(=O)CCCCCCCCC(C)C)COP(=O)(O)OC[C@H](O)COP(=O)(O)OC[C@@H](COC(=O)CCCCCCCCC(C)C)OC(=O)CCCCCCCCCCCCCCCCCCC(C)C. The van der Waals surface area contributed by atoms with Crippen LogP contribution in [0, 0.1) is 23.7 Å². The minimum absolute atomic E-state index is 0.106. The molecule has 0 bridgehead atoms. The topological polar surface area (TPSA) is 237 Å². The van der Waals surface area contributed by atoms with Gasteiger partial charge in [-0.2, -0.15) is 0 Å². The molecule has 0 aromatic carbocycles. The predicted molar refractivity (Wildman–Crippen MR) is 386 cm³/mol. The number of phosphoric ester groups is 2. The van der Waals surface area contributed by atoms with Crippen LogP contribution in [-0.4, -0.2) is 96.7 Å². The lowest BCUT2D eigenvalue weighted by Gasteiger charge is -2.21. The average molecular weight is 1400 g/mol. The third kappa shape index (κ3) is 69.0. The predicted octanol–water partition coefficient (Wildman–Crippen LogP) is 22.0. The van der Waals surface area contributed by atoms with E-state index >= 15 is 0 Å². The van der Waals surface area contributed by atoms with Crippen molar-refractivity contribution in [3.05, 3.63) is 0 Å². The van der Waals surface area contributed by atoms with Gasteiger partial charge in [0.1, 0.15) is 19.3 Å². The molecular weight excluding hydrogens is 1250 g/mol. The smallest absolute Gasteiger partial charge is 0.462 e. The summed E-state index contributed by atoms with van der Waals surface area (Å²) in [4.78, 5) is 72.7. The van der Waals surface area contributed by atoms with E-state index in [0.29, 0.717) is 37.5 Å². The van der Waals surface area contributed by atoms with Crippen LogP contribution in [0.15, 0.2) is 0 Å². The van der Waals surface area contributed by atoms with Crippen LogP contribution in [0.1, 0.15) is 383 Å². The van der Waals surface area contributed by atoms with Crippen LogP contribution in [0.3, 0.4) is 0 Å². The average Bonchev–Trinajstić information content (AvgIpc) is 1.44. The van der Waals surface area contributed by atoms with Crippen molar-refractivity contribution in [2.24, 2.45) is 23.7 Å². The van der Waals surface area contributed by atoms with Gasteiger partial charge in [-0.15, -0.1) is 0 Å². The molecule has 0 radical (unpaired) electrons. The molecule has 0 rings (SSSR count). The van der Waals surface area contributed by atoms with Crippen molar-refractivity contribution in [1.82, 2.24) is 0 Å². The number of unbranched alkanes of at least 4 members (excludes halogenated alkanes) is 38. The highest BCUT2D eigenvalue weighted by molar-refractivity contribution is 7.47. The highest BCUT2D eigenvalue weighted by Crippen LogP contribution is 2.45. The summed E-state index contributed by atoms with van der Waals surface area (Å²) >= 11 is 0. The van der Waals surface area contributed by atoms with Crippen LogP contribution in [0.5, 0.6) is 0 Å². The van der Waals surface area contributed by atoms with Gasteiger partial charge in [0.05, 0.1) is 26.4 Å². The third-order valence-corrected chi connectivity index (χ3v) is 19.8. The molecule has 0 fully saturated rings. The summed E-state index contributed by atoms with van der Waals surface area (Å²) in [5.41, 5.74) is 0. The number of hydrogen-bond acceptors (Lipinski definition) is 15. The lowest BCUT2D eigenvalue weighted by molar-refractivity contribution is -0.161. The van der Waals surface area contributed by atoms with Crippen molar-refractivity contribution in [3.63, 3.8) is 0 Å². The van der Waals surface area contributed by atoms with E-state index in [4.69, 9.17) is 37.0 Å². The van der Waals surface area contributed by atoms with Crippen molar-refractivity contribution < 1.29 is 80.2 Å². The second-order valence-electron chi connectivity index (χ2n) is 29.1.